The predicted octanol–water partition coefficient (Wildman–Crippen LogP) is 5.30. The number of rotatable bonds is 2. The summed E-state index contributed by atoms with van der Waals surface area (Å²) in [6.07, 6.45) is 2.25. The van der Waals surface area contributed by atoms with Crippen LogP contribution < -0.4 is 0 Å². The zero-order valence-electron chi connectivity index (χ0n) is 18.0. The molecular formula is C22H30ClN3O3. The molecule has 1 unspecified atom stereocenters. The van der Waals surface area contributed by atoms with Gasteiger partial charge < -0.3 is 9.30 Å². The lowest BCUT2D eigenvalue weighted by atomic mass is 10.2. The van der Waals surface area contributed by atoms with Gasteiger partial charge in [-0.1, -0.05) is 36.7 Å². The smallest absolute Gasteiger partial charge is 0.410 e. The normalized spacial score (nSPS) is 15.8. The molecule has 1 amide bonds. The summed E-state index contributed by atoms with van der Waals surface area (Å²) in [5.74, 6) is 0.709. The zero-order chi connectivity index (χ0) is 21.8. The Kier molecular flexibility index (Phi) is 7.47. The van der Waals surface area contributed by atoms with Crippen molar-refractivity contribution in [3.05, 3.63) is 52.6 Å². The molecule has 0 saturated heterocycles. The molecule has 0 saturated carbocycles. The van der Waals surface area contributed by atoms with Gasteiger partial charge in [-0.25, -0.2) is 9.78 Å². The van der Waals surface area contributed by atoms with Crippen LogP contribution >= 0.6 is 11.6 Å². The first-order valence-corrected chi connectivity index (χ1v) is 10.2. The van der Waals surface area contributed by atoms with Crippen LogP contribution in [0.1, 0.15) is 69.5 Å². The van der Waals surface area contributed by atoms with Gasteiger partial charge in [0.1, 0.15) is 17.1 Å². The summed E-state index contributed by atoms with van der Waals surface area (Å²) in [6, 6.07) is 7.92. The fourth-order valence-electron chi connectivity index (χ4n) is 3.16. The molecule has 7 heteroatoms. The maximum Gasteiger partial charge on any atom is 0.410 e. The van der Waals surface area contributed by atoms with Gasteiger partial charge in [0, 0.05) is 18.5 Å². The molecule has 0 bridgehead atoms. The van der Waals surface area contributed by atoms with E-state index in [1.54, 1.807) is 11.1 Å². The van der Waals surface area contributed by atoms with Gasteiger partial charge in [0.15, 0.2) is 5.78 Å². The van der Waals surface area contributed by atoms with E-state index in [-0.39, 0.29) is 17.9 Å². The van der Waals surface area contributed by atoms with Crippen LogP contribution in [-0.4, -0.2) is 38.5 Å². The van der Waals surface area contributed by atoms with E-state index in [2.05, 4.69) is 11.9 Å². The van der Waals surface area contributed by atoms with Crippen molar-refractivity contribution in [1.82, 2.24) is 14.5 Å². The van der Waals surface area contributed by atoms with E-state index in [1.807, 2.05) is 56.5 Å². The summed E-state index contributed by atoms with van der Waals surface area (Å²) in [7, 11) is 0. The van der Waals surface area contributed by atoms with Gasteiger partial charge in [-0.05, 0) is 45.7 Å². The molecule has 0 radical (unpaired) electrons. The number of hydrogen-bond acceptors (Lipinski definition) is 4. The Hall–Kier alpha value is -2.34. The largest absolute Gasteiger partial charge is 0.444 e. The predicted molar refractivity (Wildman–Crippen MR) is 114 cm³/mol. The number of Topliss-reactive ketones (excluding diaryl/α,β-unsaturated/α-hetero) is 1. The Bertz CT molecular complexity index is 870. The zero-order valence-corrected chi connectivity index (χ0v) is 18.8. The molecule has 0 N–H and O–H groups in total. The molecular weight excluding hydrogens is 390 g/mol. The molecule has 1 aliphatic rings. The highest BCUT2D eigenvalue weighted by Gasteiger charge is 2.31. The van der Waals surface area contributed by atoms with Gasteiger partial charge in [0.05, 0.1) is 18.8 Å². The first-order valence-electron chi connectivity index (χ1n) is 9.81. The van der Waals surface area contributed by atoms with Gasteiger partial charge >= 0.3 is 6.09 Å². The molecule has 1 aromatic heterocycles. The van der Waals surface area contributed by atoms with Crippen molar-refractivity contribution >= 4 is 23.5 Å². The number of ketones is 1. The number of amides is 1. The van der Waals surface area contributed by atoms with Gasteiger partial charge in [0.2, 0.25) is 0 Å². The number of aryl methyl sites for hydroxylation is 1. The van der Waals surface area contributed by atoms with E-state index in [0.717, 1.165) is 17.3 Å². The van der Waals surface area contributed by atoms with Crippen LogP contribution in [0, 0.1) is 0 Å². The lowest BCUT2D eigenvalue weighted by molar-refractivity contribution is 0.0169. The molecule has 0 fully saturated rings. The van der Waals surface area contributed by atoms with Crippen LogP contribution in [-0.2, 0) is 17.7 Å². The Morgan fingerprint density at radius 1 is 1.28 bits per heavy atom. The SMILES string of the molecule is CC(=O)c1cnc2n1C(C)CN(C(=O)OC(C)(C)C)C2.CCc1ccccc1Cl. The topological polar surface area (TPSA) is 64.4 Å². The monoisotopic (exact) mass is 419 g/mol. The molecule has 29 heavy (non-hydrogen) atoms. The third kappa shape index (κ3) is 6.07. The Balaban J connectivity index is 0.000000278. The summed E-state index contributed by atoms with van der Waals surface area (Å²) in [5, 5.41) is 0.875. The number of nitrogens with zero attached hydrogens (tertiary/aromatic N) is 3. The lowest BCUT2D eigenvalue weighted by Crippen LogP contribution is -2.43. The van der Waals surface area contributed by atoms with Gasteiger partial charge in [-0.3, -0.25) is 9.69 Å². The van der Waals surface area contributed by atoms with Crippen molar-refractivity contribution in [2.45, 2.75) is 66.2 Å². The quantitative estimate of drug-likeness (QED) is 0.619. The summed E-state index contributed by atoms with van der Waals surface area (Å²) in [5.41, 5.74) is 1.30. The molecule has 2 aromatic rings. The van der Waals surface area contributed by atoms with Crippen molar-refractivity contribution < 1.29 is 14.3 Å². The minimum atomic E-state index is -0.516. The van der Waals surface area contributed by atoms with Crippen LogP contribution in [0.3, 0.4) is 0 Å². The van der Waals surface area contributed by atoms with Crippen molar-refractivity contribution in [3.63, 3.8) is 0 Å². The second-order valence-electron chi connectivity index (χ2n) is 8.14. The summed E-state index contributed by atoms with van der Waals surface area (Å²) >= 11 is 5.82. The molecule has 1 aliphatic heterocycles. The van der Waals surface area contributed by atoms with Crippen LogP contribution in [0.4, 0.5) is 4.79 Å². The Morgan fingerprint density at radius 2 is 1.93 bits per heavy atom. The van der Waals surface area contributed by atoms with Crippen molar-refractivity contribution in [2.75, 3.05) is 6.54 Å². The van der Waals surface area contributed by atoms with Gasteiger partial charge in [-0.2, -0.15) is 0 Å². The average molecular weight is 420 g/mol. The van der Waals surface area contributed by atoms with E-state index in [9.17, 15) is 9.59 Å². The maximum absolute atomic E-state index is 12.1. The van der Waals surface area contributed by atoms with E-state index < -0.39 is 5.60 Å². The third-order valence-corrected chi connectivity index (χ3v) is 4.85. The molecule has 0 aliphatic carbocycles. The van der Waals surface area contributed by atoms with Crippen LogP contribution in [0.5, 0.6) is 0 Å². The second-order valence-corrected chi connectivity index (χ2v) is 8.55. The second kappa shape index (κ2) is 9.44. The highest BCUT2D eigenvalue weighted by atomic mass is 35.5. The van der Waals surface area contributed by atoms with Crippen LogP contribution in [0.25, 0.3) is 0 Å². The minimum Gasteiger partial charge on any atom is -0.444 e. The number of carbonyl (C=O) groups is 2. The number of benzene rings is 1. The Morgan fingerprint density at radius 3 is 2.45 bits per heavy atom. The fraction of sp³-hybridized carbons (Fsp3) is 0.500. The fourth-order valence-corrected chi connectivity index (χ4v) is 3.42. The third-order valence-electron chi connectivity index (χ3n) is 4.48. The number of carbonyl (C=O) groups excluding carboxylic acids is 2. The number of imidazole rings is 1. The van der Waals surface area contributed by atoms with E-state index in [0.29, 0.717) is 18.8 Å². The molecule has 6 nitrogen and oxygen atoms in total. The molecule has 158 valence electrons. The summed E-state index contributed by atoms with van der Waals surface area (Å²) in [4.78, 5) is 29.5. The number of aromatic nitrogens is 2. The molecule has 1 aromatic carbocycles. The highest BCUT2D eigenvalue weighted by Crippen LogP contribution is 2.24. The molecule has 1 atom stereocenters. The number of hydrogen-bond donors (Lipinski definition) is 0. The number of halogens is 1. The first-order chi connectivity index (χ1) is 13.5. The van der Waals surface area contributed by atoms with Crippen molar-refractivity contribution in [2.24, 2.45) is 0 Å². The number of fused-ring (bicyclic) bond motifs is 1. The minimum absolute atomic E-state index is 0.00710. The first kappa shape index (κ1) is 22.9. The Labute approximate surface area is 177 Å². The molecule has 0 spiro atoms. The summed E-state index contributed by atoms with van der Waals surface area (Å²) in [6.45, 7) is 12.0. The molecule has 2 heterocycles. The lowest BCUT2D eigenvalue weighted by Gasteiger charge is -2.34. The number of ether oxygens (including phenoxy) is 1. The van der Waals surface area contributed by atoms with Gasteiger partial charge in [0.25, 0.3) is 0 Å². The average Bonchev–Trinajstić information content (AvgIpc) is 3.06. The van der Waals surface area contributed by atoms with E-state index >= 15 is 0 Å². The van der Waals surface area contributed by atoms with Crippen molar-refractivity contribution in [1.29, 1.82) is 0 Å². The van der Waals surface area contributed by atoms with Crippen LogP contribution in [0.2, 0.25) is 5.02 Å². The standard InChI is InChI=1S/C14H21N3O3.C8H9Cl/c1-9-7-16(13(19)20-14(3,4)5)8-12-15-6-11(10(2)18)17(9)12;1-2-7-5-3-4-6-8(7)9/h6,9H,7-8H2,1-5H3;3-6H,2H2,1H3. The van der Waals surface area contributed by atoms with E-state index in [1.165, 1.54) is 12.5 Å². The molecule has 3 rings (SSSR count). The summed E-state index contributed by atoms with van der Waals surface area (Å²) < 4.78 is 7.28. The van der Waals surface area contributed by atoms with Crippen molar-refractivity contribution in [3.8, 4) is 0 Å². The maximum atomic E-state index is 12.1. The van der Waals surface area contributed by atoms with E-state index in [4.69, 9.17) is 16.3 Å². The van der Waals surface area contributed by atoms with Crippen LogP contribution in [0.15, 0.2) is 30.5 Å². The highest BCUT2D eigenvalue weighted by molar-refractivity contribution is 6.31. The van der Waals surface area contributed by atoms with Gasteiger partial charge in [-0.15, -0.1) is 0 Å².